The molecule has 16 heteroatoms. The van der Waals surface area contributed by atoms with Gasteiger partial charge < -0.3 is 21.1 Å². The van der Waals surface area contributed by atoms with Crippen molar-refractivity contribution in [1.29, 1.82) is 0 Å². The second kappa shape index (κ2) is 12.8. The van der Waals surface area contributed by atoms with Crippen molar-refractivity contribution >= 4 is 35.2 Å². The molecule has 10 N–H and O–H groups in total. The van der Waals surface area contributed by atoms with Crippen LogP contribution in [0.2, 0.25) is 0 Å². The van der Waals surface area contributed by atoms with Crippen LogP contribution in [0.3, 0.4) is 0 Å². The molecule has 42 heavy (non-hydrogen) atoms. The average molecular weight is 625 g/mol. The first-order valence-electron chi connectivity index (χ1n) is 15.3. The van der Waals surface area contributed by atoms with Gasteiger partial charge in [0.25, 0.3) is 0 Å². The highest BCUT2D eigenvalue weighted by atomic mass is 32.2. The Hall–Kier alpha value is -1.02. The summed E-state index contributed by atoms with van der Waals surface area (Å²) in [5, 5.41) is 12.1. The van der Waals surface area contributed by atoms with Crippen molar-refractivity contribution in [3.8, 4) is 0 Å². The molecule has 6 aliphatic heterocycles. The number of nitrogens with one attached hydrogen (secondary N) is 6. The van der Waals surface area contributed by atoms with E-state index in [9.17, 15) is 9.59 Å². The molecule has 6 fully saturated rings. The van der Waals surface area contributed by atoms with E-state index in [1.807, 2.05) is 17.8 Å². The van der Waals surface area contributed by atoms with E-state index in [-0.39, 0.29) is 59.0 Å². The van der Waals surface area contributed by atoms with Gasteiger partial charge in [-0.05, 0) is 24.5 Å². The second-order valence-electron chi connectivity index (χ2n) is 12.4. The molecule has 234 valence electrons. The van der Waals surface area contributed by atoms with Gasteiger partial charge in [0.15, 0.2) is 5.78 Å². The number of hydrogen-bond acceptors (Lipinski definition) is 15. The SMILES string of the molecule is NC(=O)C1C(NC2CC(C3CSC4C(=O)C=C(N5CCOCC5)SC43)NO2)NC(N[C@H]2CCCC[C@H]2N)N2CNNC12. The third-order valence-corrected chi connectivity index (χ3v) is 12.9. The molecule has 0 radical (unpaired) electrons. The smallest absolute Gasteiger partial charge is 0.226 e. The minimum Gasteiger partial charge on any atom is -0.378 e. The minimum atomic E-state index is -0.542. The number of thioether (sulfide) groups is 2. The van der Waals surface area contributed by atoms with E-state index in [4.69, 9.17) is 21.0 Å². The zero-order valence-corrected chi connectivity index (χ0v) is 25.3. The van der Waals surface area contributed by atoms with Crippen molar-refractivity contribution < 1.29 is 19.2 Å². The Balaban J connectivity index is 1.01. The highest BCUT2D eigenvalue weighted by Gasteiger charge is 2.52. The van der Waals surface area contributed by atoms with Crippen molar-refractivity contribution in [3.63, 3.8) is 0 Å². The number of fused-ring (bicyclic) bond motifs is 2. The number of carbonyl (C=O) groups is 2. The third kappa shape index (κ3) is 5.86. The number of primary amides is 1. The molecule has 0 spiro atoms. The van der Waals surface area contributed by atoms with Crippen LogP contribution < -0.4 is 43.7 Å². The number of hydrazine groups is 1. The molecule has 7 aliphatic rings. The van der Waals surface area contributed by atoms with Gasteiger partial charge in [-0.3, -0.25) is 30.4 Å². The number of carbonyl (C=O) groups excluding carboxylic acids is 2. The van der Waals surface area contributed by atoms with Crippen molar-refractivity contribution in [2.45, 2.75) is 85.6 Å². The highest BCUT2D eigenvalue weighted by molar-refractivity contribution is 8.07. The summed E-state index contributed by atoms with van der Waals surface area (Å²) in [6.45, 7) is 3.59. The standard InChI is InChI=1S/C26H44N10O4S2/c27-14-3-1-2-4-15(14)30-26-32-24(20(23(28)38)25-33-29-12-36(25)26)31-18-9-16(34-40-18)13-11-41-22-17(37)10-19(42-21(13)22)35-5-7-39-8-6-35/h10,13-16,18,20-22,24-26,29-34H,1-9,11-12,27H2,(H2,28,38)/t13?,14-,15+,16?,18?,20?,21?,22?,24?,25?,26?/m1/s1. The van der Waals surface area contributed by atoms with Gasteiger partial charge in [0.2, 0.25) is 5.91 Å². The number of allylic oxidation sites excluding steroid dienone is 1. The normalized spacial score (nSPS) is 44.6. The summed E-state index contributed by atoms with van der Waals surface area (Å²) in [5.41, 5.74) is 22.1. The Morgan fingerprint density at radius 2 is 2.00 bits per heavy atom. The molecular weight excluding hydrogens is 580 g/mol. The summed E-state index contributed by atoms with van der Waals surface area (Å²) in [7, 11) is 0. The van der Waals surface area contributed by atoms with Crippen LogP contribution in [0, 0.1) is 11.8 Å². The largest absolute Gasteiger partial charge is 0.378 e. The van der Waals surface area contributed by atoms with Gasteiger partial charge in [-0.2, -0.15) is 5.48 Å². The first-order valence-corrected chi connectivity index (χ1v) is 17.2. The minimum absolute atomic E-state index is 0.0252. The quantitative estimate of drug-likeness (QED) is 0.151. The molecule has 0 aromatic heterocycles. The van der Waals surface area contributed by atoms with Gasteiger partial charge >= 0.3 is 0 Å². The number of nitrogens with two attached hydrogens (primary N) is 2. The second-order valence-corrected chi connectivity index (χ2v) is 14.7. The molecule has 0 aromatic rings. The van der Waals surface area contributed by atoms with Gasteiger partial charge in [0.1, 0.15) is 12.5 Å². The van der Waals surface area contributed by atoms with Crippen LogP contribution in [-0.4, -0.2) is 114 Å². The van der Waals surface area contributed by atoms with Crippen LogP contribution in [0.15, 0.2) is 11.1 Å². The molecule has 5 saturated heterocycles. The van der Waals surface area contributed by atoms with E-state index in [0.717, 1.165) is 56.0 Å². The fourth-order valence-corrected chi connectivity index (χ4v) is 11.0. The molecule has 1 aliphatic carbocycles. The molecule has 0 bridgehead atoms. The zero-order valence-electron chi connectivity index (χ0n) is 23.7. The maximum Gasteiger partial charge on any atom is 0.226 e. The summed E-state index contributed by atoms with van der Waals surface area (Å²) in [5.74, 6) is 0.458. The summed E-state index contributed by atoms with van der Waals surface area (Å²) >= 11 is 3.60. The Labute approximate surface area is 254 Å². The van der Waals surface area contributed by atoms with Crippen LogP contribution in [0.25, 0.3) is 0 Å². The maximum atomic E-state index is 13.1. The van der Waals surface area contributed by atoms with E-state index in [1.165, 1.54) is 0 Å². The lowest BCUT2D eigenvalue weighted by Crippen LogP contribution is -2.76. The van der Waals surface area contributed by atoms with E-state index < -0.39 is 18.0 Å². The van der Waals surface area contributed by atoms with E-state index in [2.05, 4.69) is 42.1 Å². The fraction of sp³-hybridized carbons (Fsp3) is 0.846. The van der Waals surface area contributed by atoms with E-state index in [1.54, 1.807) is 11.8 Å². The summed E-state index contributed by atoms with van der Waals surface area (Å²) in [6, 6.07) is 0.376. The molecule has 1 saturated carbocycles. The summed E-state index contributed by atoms with van der Waals surface area (Å²) < 4.78 is 5.52. The Bertz CT molecular complexity index is 1050. The number of ether oxygens (including phenoxy) is 1. The molecule has 1 amide bonds. The van der Waals surface area contributed by atoms with Gasteiger partial charge in [0, 0.05) is 49.0 Å². The number of morpholine rings is 1. The fourth-order valence-electron chi connectivity index (χ4n) is 7.46. The van der Waals surface area contributed by atoms with Gasteiger partial charge in [-0.25, -0.2) is 15.8 Å². The first kappa shape index (κ1) is 29.7. The monoisotopic (exact) mass is 624 g/mol. The molecule has 11 atom stereocenters. The number of nitrogens with zero attached hydrogens (tertiary/aromatic N) is 2. The lowest BCUT2D eigenvalue weighted by molar-refractivity contribution is -0.131. The maximum absolute atomic E-state index is 13.1. The Morgan fingerprint density at radius 1 is 1.17 bits per heavy atom. The van der Waals surface area contributed by atoms with Gasteiger partial charge in [-0.1, -0.05) is 12.8 Å². The van der Waals surface area contributed by atoms with Crippen LogP contribution in [-0.2, 0) is 19.2 Å². The highest BCUT2D eigenvalue weighted by Crippen LogP contribution is 2.49. The average Bonchev–Trinajstić information content (AvgIpc) is 3.75. The van der Waals surface area contributed by atoms with Crippen LogP contribution in [0.5, 0.6) is 0 Å². The number of rotatable bonds is 7. The van der Waals surface area contributed by atoms with Crippen LogP contribution >= 0.6 is 23.5 Å². The number of ketones is 1. The molecule has 7 rings (SSSR count). The lowest BCUT2D eigenvalue weighted by atomic mass is 9.90. The van der Waals surface area contributed by atoms with E-state index in [0.29, 0.717) is 19.9 Å². The molecule has 14 nitrogen and oxygen atoms in total. The van der Waals surface area contributed by atoms with Crippen LogP contribution in [0.4, 0.5) is 0 Å². The number of amides is 1. The first-order chi connectivity index (χ1) is 20.5. The predicted molar refractivity (Wildman–Crippen MR) is 160 cm³/mol. The number of hydroxylamine groups is 1. The molecule has 9 unspecified atom stereocenters. The Kier molecular flexibility index (Phi) is 9.02. The third-order valence-electron chi connectivity index (χ3n) is 9.78. The molecule has 6 heterocycles. The summed E-state index contributed by atoms with van der Waals surface area (Å²) in [4.78, 5) is 36.4. The Morgan fingerprint density at radius 3 is 2.81 bits per heavy atom. The molecular formula is C26H44N10O4S2. The molecule has 0 aromatic carbocycles. The van der Waals surface area contributed by atoms with Crippen LogP contribution in [0.1, 0.15) is 32.1 Å². The van der Waals surface area contributed by atoms with Crippen molar-refractivity contribution in [2.75, 3.05) is 38.7 Å². The lowest BCUT2D eigenvalue weighted by Gasteiger charge is -2.48. The number of hydrogen-bond donors (Lipinski definition) is 8. The van der Waals surface area contributed by atoms with Crippen molar-refractivity contribution in [1.82, 2.24) is 42.1 Å². The van der Waals surface area contributed by atoms with Gasteiger partial charge in [0.05, 0.1) is 48.4 Å². The summed E-state index contributed by atoms with van der Waals surface area (Å²) in [6.07, 6.45) is 5.67. The van der Waals surface area contributed by atoms with Crippen molar-refractivity contribution in [2.24, 2.45) is 23.3 Å². The van der Waals surface area contributed by atoms with E-state index >= 15 is 0 Å². The van der Waals surface area contributed by atoms with Gasteiger partial charge in [-0.15, -0.1) is 23.5 Å². The van der Waals surface area contributed by atoms with Crippen molar-refractivity contribution in [3.05, 3.63) is 11.1 Å². The predicted octanol–water partition coefficient (Wildman–Crippen LogP) is -2.35. The zero-order chi connectivity index (χ0) is 28.8. The topological polar surface area (TPSA) is 183 Å².